The van der Waals surface area contributed by atoms with Crippen LogP contribution in [0.2, 0.25) is 5.02 Å². The van der Waals surface area contributed by atoms with E-state index in [1.807, 2.05) is 0 Å². The minimum Gasteiger partial charge on any atom is -0.459 e. The van der Waals surface area contributed by atoms with Gasteiger partial charge in [-0.1, -0.05) is 17.7 Å². The van der Waals surface area contributed by atoms with E-state index in [0.29, 0.717) is 22.4 Å². The fourth-order valence-electron chi connectivity index (χ4n) is 2.50. The van der Waals surface area contributed by atoms with Gasteiger partial charge in [0.2, 0.25) is 0 Å². The lowest BCUT2D eigenvalue weighted by molar-refractivity contribution is 0.0877. The maximum atomic E-state index is 12.4. The molecule has 0 fully saturated rings. The molecule has 0 N–H and O–H groups in total. The Hall–Kier alpha value is -1.32. The van der Waals surface area contributed by atoms with Crippen molar-refractivity contribution in [1.82, 2.24) is 0 Å². The predicted molar refractivity (Wildman–Crippen MR) is 70.3 cm³/mol. The van der Waals surface area contributed by atoms with Crippen LogP contribution in [0, 0.1) is 0 Å². The molecule has 3 nitrogen and oxygen atoms in total. The van der Waals surface area contributed by atoms with E-state index < -0.39 is 0 Å². The summed E-state index contributed by atoms with van der Waals surface area (Å²) in [5.74, 6) is 0.758. The lowest BCUT2D eigenvalue weighted by Gasteiger charge is -2.22. The Morgan fingerprint density at radius 3 is 3.06 bits per heavy atom. The fourth-order valence-corrected chi connectivity index (χ4v) is 2.71. The van der Waals surface area contributed by atoms with E-state index in [9.17, 15) is 4.79 Å². The van der Waals surface area contributed by atoms with Crippen LogP contribution in [0.15, 0.2) is 27.4 Å². The molecule has 0 amide bonds. The second-order valence-electron chi connectivity index (χ2n) is 4.55. The second kappa shape index (κ2) is 4.41. The first kappa shape index (κ1) is 11.8. The summed E-state index contributed by atoms with van der Waals surface area (Å²) in [5, 5.41) is 1.04. The molecule has 1 heterocycles. The van der Waals surface area contributed by atoms with Crippen LogP contribution in [0.25, 0.3) is 11.0 Å². The van der Waals surface area contributed by atoms with E-state index in [0.717, 1.165) is 24.2 Å². The number of methoxy groups -OCH3 is 1. The zero-order valence-electron chi connectivity index (χ0n) is 10.0. The summed E-state index contributed by atoms with van der Waals surface area (Å²) in [6.07, 6.45) is 2.33. The average Bonchev–Trinajstić information content (AvgIpc) is 2.40. The molecule has 94 valence electrons. The van der Waals surface area contributed by atoms with Crippen molar-refractivity contribution in [2.24, 2.45) is 0 Å². The average molecular weight is 265 g/mol. The molecule has 0 spiro atoms. The molecule has 3 rings (SSSR count). The highest BCUT2D eigenvalue weighted by atomic mass is 35.5. The summed E-state index contributed by atoms with van der Waals surface area (Å²) < 4.78 is 11.1. The molecule has 2 aromatic rings. The number of rotatable bonds is 1. The summed E-state index contributed by atoms with van der Waals surface area (Å²) in [6.45, 7) is 0. The van der Waals surface area contributed by atoms with Gasteiger partial charge in [-0.3, -0.25) is 4.79 Å². The molecule has 0 saturated heterocycles. The maximum absolute atomic E-state index is 12.4. The smallest absolute Gasteiger partial charge is 0.196 e. The van der Waals surface area contributed by atoms with Crippen LogP contribution >= 0.6 is 11.6 Å². The molecular weight excluding hydrogens is 252 g/mol. The lowest BCUT2D eigenvalue weighted by atomic mass is 9.93. The van der Waals surface area contributed by atoms with Crippen LogP contribution in [-0.2, 0) is 17.6 Å². The summed E-state index contributed by atoms with van der Waals surface area (Å²) in [5.41, 5.74) is 1.26. The third kappa shape index (κ3) is 1.74. The summed E-state index contributed by atoms with van der Waals surface area (Å²) in [7, 11) is 1.68. The van der Waals surface area contributed by atoms with E-state index >= 15 is 0 Å². The highest BCUT2D eigenvalue weighted by Gasteiger charge is 2.24. The summed E-state index contributed by atoms with van der Waals surface area (Å²) in [4.78, 5) is 12.4. The first-order valence-corrected chi connectivity index (χ1v) is 6.34. The number of aryl methyl sites for hydroxylation is 1. The Labute approximate surface area is 109 Å². The number of hydrogen-bond donors (Lipinski definition) is 0. The summed E-state index contributed by atoms with van der Waals surface area (Å²) in [6, 6.07) is 5.26. The van der Waals surface area contributed by atoms with Gasteiger partial charge < -0.3 is 9.15 Å². The number of fused-ring (bicyclic) bond motifs is 2. The van der Waals surface area contributed by atoms with Crippen molar-refractivity contribution in [3.63, 3.8) is 0 Å². The molecule has 0 aliphatic heterocycles. The van der Waals surface area contributed by atoms with Crippen LogP contribution in [0.4, 0.5) is 0 Å². The van der Waals surface area contributed by atoms with Gasteiger partial charge >= 0.3 is 0 Å². The predicted octanol–water partition coefficient (Wildman–Crippen LogP) is 2.95. The van der Waals surface area contributed by atoms with Gasteiger partial charge in [0, 0.05) is 25.5 Å². The van der Waals surface area contributed by atoms with Gasteiger partial charge in [0.15, 0.2) is 11.0 Å². The van der Waals surface area contributed by atoms with Gasteiger partial charge in [-0.15, -0.1) is 0 Å². The van der Waals surface area contributed by atoms with Crippen LogP contribution in [0.3, 0.4) is 0 Å². The van der Waals surface area contributed by atoms with Crippen LogP contribution in [0.1, 0.15) is 17.7 Å². The fraction of sp³-hybridized carbons (Fsp3) is 0.357. The highest BCUT2D eigenvalue weighted by molar-refractivity contribution is 6.34. The van der Waals surface area contributed by atoms with Gasteiger partial charge in [0.05, 0.1) is 16.5 Å². The van der Waals surface area contributed by atoms with Crippen LogP contribution in [0.5, 0.6) is 0 Å². The Morgan fingerprint density at radius 2 is 2.28 bits per heavy atom. The zero-order chi connectivity index (χ0) is 12.7. The minimum atomic E-state index is 0.0236. The van der Waals surface area contributed by atoms with Crippen molar-refractivity contribution in [2.45, 2.75) is 25.4 Å². The largest absolute Gasteiger partial charge is 0.459 e. The number of halogens is 1. The molecule has 1 unspecified atom stereocenters. The first-order chi connectivity index (χ1) is 8.70. The molecule has 1 atom stereocenters. The standard InChI is InChI=1S/C14H13ClO3/c1-17-8-5-6-12-10(7-8)13(16)9-3-2-4-11(15)14(9)18-12/h2-4,8H,5-7H2,1H3. The molecule has 1 aromatic carbocycles. The normalized spacial score (nSPS) is 18.9. The molecule has 1 aliphatic rings. The van der Waals surface area contributed by atoms with Gasteiger partial charge in [-0.05, 0) is 18.6 Å². The van der Waals surface area contributed by atoms with Gasteiger partial charge in [0.1, 0.15) is 5.76 Å². The van der Waals surface area contributed by atoms with Crippen molar-refractivity contribution in [3.8, 4) is 0 Å². The molecule has 1 aliphatic carbocycles. The zero-order valence-corrected chi connectivity index (χ0v) is 10.8. The minimum absolute atomic E-state index is 0.0236. The molecule has 0 saturated carbocycles. The van der Waals surface area contributed by atoms with Gasteiger partial charge in [-0.25, -0.2) is 0 Å². The highest BCUT2D eigenvalue weighted by Crippen LogP contribution is 2.27. The van der Waals surface area contributed by atoms with Crippen LogP contribution in [-0.4, -0.2) is 13.2 Å². The SMILES string of the molecule is COC1CCc2oc3c(Cl)cccc3c(=O)c2C1. The number of hydrogen-bond acceptors (Lipinski definition) is 3. The molecular formula is C14H13ClO3. The van der Waals surface area contributed by atoms with Crippen molar-refractivity contribution >= 4 is 22.6 Å². The molecule has 1 aromatic heterocycles. The maximum Gasteiger partial charge on any atom is 0.196 e. The van der Waals surface area contributed by atoms with Crippen molar-refractivity contribution in [3.05, 3.63) is 44.8 Å². The Balaban J connectivity index is 2.27. The van der Waals surface area contributed by atoms with Crippen molar-refractivity contribution in [2.75, 3.05) is 7.11 Å². The molecule has 0 bridgehead atoms. The molecule has 0 radical (unpaired) electrons. The number of para-hydroxylation sites is 1. The molecule has 18 heavy (non-hydrogen) atoms. The van der Waals surface area contributed by atoms with Crippen LogP contribution < -0.4 is 5.43 Å². The van der Waals surface area contributed by atoms with E-state index in [2.05, 4.69) is 0 Å². The van der Waals surface area contributed by atoms with E-state index in [1.165, 1.54) is 0 Å². The first-order valence-electron chi connectivity index (χ1n) is 5.96. The number of benzene rings is 1. The summed E-state index contributed by atoms with van der Waals surface area (Å²) >= 11 is 6.07. The second-order valence-corrected chi connectivity index (χ2v) is 4.96. The number of ether oxygens (including phenoxy) is 1. The van der Waals surface area contributed by atoms with Crippen molar-refractivity contribution < 1.29 is 9.15 Å². The molecule has 4 heteroatoms. The quantitative estimate of drug-likeness (QED) is 0.795. The topological polar surface area (TPSA) is 39.4 Å². The Morgan fingerprint density at radius 1 is 1.44 bits per heavy atom. The third-order valence-corrected chi connectivity index (χ3v) is 3.80. The Bertz CT molecular complexity index is 660. The van der Waals surface area contributed by atoms with Gasteiger partial charge in [0.25, 0.3) is 0 Å². The monoisotopic (exact) mass is 264 g/mol. The van der Waals surface area contributed by atoms with E-state index in [4.69, 9.17) is 20.8 Å². The van der Waals surface area contributed by atoms with E-state index in [1.54, 1.807) is 25.3 Å². The lowest BCUT2D eigenvalue weighted by Crippen LogP contribution is -2.26. The van der Waals surface area contributed by atoms with Crippen molar-refractivity contribution in [1.29, 1.82) is 0 Å². The van der Waals surface area contributed by atoms with Gasteiger partial charge in [-0.2, -0.15) is 0 Å². The Kier molecular flexibility index (Phi) is 2.88. The van der Waals surface area contributed by atoms with E-state index in [-0.39, 0.29) is 11.5 Å². The third-order valence-electron chi connectivity index (χ3n) is 3.51.